The van der Waals surface area contributed by atoms with Crippen molar-refractivity contribution in [3.8, 4) is 16.9 Å². The Hall–Kier alpha value is -1.52. The van der Waals surface area contributed by atoms with Crippen LogP contribution in [0.3, 0.4) is 0 Å². The van der Waals surface area contributed by atoms with Gasteiger partial charge in [0.1, 0.15) is 11.9 Å². The van der Waals surface area contributed by atoms with Gasteiger partial charge in [-0.1, -0.05) is 45.8 Å². The maximum Gasteiger partial charge on any atom is 0.323 e. The summed E-state index contributed by atoms with van der Waals surface area (Å²) in [6, 6.07) is 17.4. The summed E-state index contributed by atoms with van der Waals surface area (Å²) in [6.07, 6.45) is 3.54. The molecule has 1 aromatic heterocycles. The minimum atomic E-state index is 1.10. The van der Waals surface area contributed by atoms with Crippen LogP contribution in [0.15, 0.2) is 64.4 Å². The molecule has 0 atom stereocenters. The van der Waals surface area contributed by atoms with Crippen molar-refractivity contribution in [2.75, 3.05) is 5.75 Å². The Balaban J connectivity index is 1.93. The lowest BCUT2D eigenvalue weighted by Crippen LogP contribution is -2.37. The predicted molar refractivity (Wildman–Crippen MR) is 99.2 cm³/mol. The molecule has 0 amide bonds. The van der Waals surface area contributed by atoms with Crippen LogP contribution < -0.4 is 4.57 Å². The molecule has 2 heterocycles. The van der Waals surface area contributed by atoms with Gasteiger partial charge in [-0.15, -0.1) is 0 Å². The second-order valence-corrected chi connectivity index (χ2v) is 7.85. The molecule has 0 saturated heterocycles. The highest BCUT2D eigenvalue weighted by Gasteiger charge is 2.28. The molecule has 3 aromatic rings. The third-order valence-corrected chi connectivity index (χ3v) is 5.86. The molecule has 0 radical (unpaired) electrons. The Morgan fingerprint density at radius 3 is 2.52 bits per heavy atom. The molecule has 2 nitrogen and oxygen atoms in total. The molecule has 0 unspecified atom stereocenters. The fourth-order valence-corrected chi connectivity index (χ4v) is 4.33. The van der Waals surface area contributed by atoms with Gasteiger partial charge < -0.3 is 0 Å². The van der Waals surface area contributed by atoms with Crippen molar-refractivity contribution in [3.05, 3.63) is 64.8 Å². The molecule has 23 heavy (non-hydrogen) atoms. The summed E-state index contributed by atoms with van der Waals surface area (Å²) in [5.74, 6) is 1.19. The first-order valence-corrected chi connectivity index (χ1v) is 9.61. The van der Waals surface area contributed by atoms with E-state index >= 15 is 0 Å². The van der Waals surface area contributed by atoms with Crippen LogP contribution in [0.5, 0.6) is 0 Å². The monoisotopic (exact) mass is 385 g/mol. The van der Waals surface area contributed by atoms with Crippen LogP contribution in [0, 0.1) is 6.92 Å². The van der Waals surface area contributed by atoms with Gasteiger partial charge in [-0.25, -0.2) is 4.57 Å². The van der Waals surface area contributed by atoms with Crippen LogP contribution in [0.4, 0.5) is 0 Å². The molecular formula is C19H18BrN2S+. The van der Waals surface area contributed by atoms with Crippen molar-refractivity contribution in [2.24, 2.45) is 0 Å². The molecular weight excluding hydrogens is 368 g/mol. The molecule has 0 N–H and O–H groups in total. The van der Waals surface area contributed by atoms with Crippen LogP contribution in [-0.2, 0) is 6.54 Å². The highest BCUT2D eigenvalue weighted by Crippen LogP contribution is 2.31. The number of rotatable bonds is 2. The number of benzene rings is 2. The molecule has 0 fully saturated rings. The summed E-state index contributed by atoms with van der Waals surface area (Å²) in [6.45, 7) is 3.23. The summed E-state index contributed by atoms with van der Waals surface area (Å²) in [5, 5.41) is 1.33. The van der Waals surface area contributed by atoms with Gasteiger partial charge in [-0.2, -0.15) is 4.57 Å². The van der Waals surface area contributed by atoms with Crippen LogP contribution >= 0.6 is 27.7 Å². The summed E-state index contributed by atoms with van der Waals surface area (Å²) in [5.41, 5.74) is 5.03. The molecule has 4 rings (SSSR count). The van der Waals surface area contributed by atoms with E-state index in [4.69, 9.17) is 0 Å². The number of imidazole rings is 1. The van der Waals surface area contributed by atoms with Gasteiger partial charge >= 0.3 is 5.16 Å². The lowest BCUT2D eigenvalue weighted by molar-refractivity contribution is -0.734. The number of hydrogen-bond donors (Lipinski definition) is 0. The number of aromatic nitrogens is 2. The lowest BCUT2D eigenvalue weighted by atomic mass is 10.1. The highest BCUT2D eigenvalue weighted by atomic mass is 79.9. The first-order chi connectivity index (χ1) is 11.2. The fourth-order valence-electron chi connectivity index (χ4n) is 2.97. The summed E-state index contributed by atoms with van der Waals surface area (Å²) in [4.78, 5) is 0. The van der Waals surface area contributed by atoms with E-state index in [0.717, 1.165) is 11.0 Å². The SMILES string of the molecule is Cc1ccc(-c2c[n+]3c(n2-c2ccc(Br)cc2)SCCC3)cc1. The van der Waals surface area contributed by atoms with Crippen molar-refractivity contribution in [3.63, 3.8) is 0 Å². The summed E-state index contributed by atoms with van der Waals surface area (Å²) < 4.78 is 5.89. The second-order valence-electron chi connectivity index (χ2n) is 5.87. The summed E-state index contributed by atoms with van der Waals surface area (Å²) >= 11 is 5.48. The zero-order valence-electron chi connectivity index (χ0n) is 13.0. The standard InChI is InChI=1S/C19H18BrN2S/c1-14-3-5-15(6-4-14)18-13-21-11-2-12-23-19(21)22(18)17-9-7-16(20)8-10-17/h3-10,13H,2,11-12H2,1H3/q+1. The largest absolute Gasteiger partial charge is 0.323 e. The normalized spacial score (nSPS) is 13.8. The van der Waals surface area contributed by atoms with Crippen molar-refractivity contribution >= 4 is 27.7 Å². The van der Waals surface area contributed by atoms with Gasteiger partial charge in [0.2, 0.25) is 0 Å². The number of aryl methyl sites for hydroxylation is 2. The molecule has 2 aromatic carbocycles. The average Bonchev–Trinajstić information content (AvgIpc) is 2.96. The molecule has 1 aliphatic heterocycles. The molecule has 0 saturated carbocycles. The number of fused-ring (bicyclic) bond motifs is 1. The van der Waals surface area contributed by atoms with Crippen molar-refractivity contribution in [1.82, 2.24) is 4.57 Å². The minimum absolute atomic E-state index is 1.10. The number of nitrogens with zero attached hydrogens (tertiary/aromatic N) is 2. The first kappa shape index (κ1) is 15.0. The molecule has 4 heteroatoms. The predicted octanol–water partition coefficient (Wildman–Crippen LogP) is 5.00. The third-order valence-electron chi connectivity index (χ3n) is 4.16. The minimum Gasteiger partial charge on any atom is -0.224 e. The van der Waals surface area contributed by atoms with E-state index in [0.29, 0.717) is 0 Å². The Labute approximate surface area is 149 Å². The van der Waals surface area contributed by atoms with E-state index in [-0.39, 0.29) is 0 Å². The van der Waals surface area contributed by atoms with Gasteiger partial charge in [0.15, 0.2) is 5.69 Å². The fraction of sp³-hybridized carbons (Fsp3) is 0.211. The van der Waals surface area contributed by atoms with Gasteiger partial charge in [0, 0.05) is 15.8 Å². The molecule has 0 spiro atoms. The quantitative estimate of drug-likeness (QED) is 0.563. The average molecular weight is 386 g/mol. The van der Waals surface area contributed by atoms with Crippen LogP contribution in [0.2, 0.25) is 0 Å². The van der Waals surface area contributed by atoms with Gasteiger partial charge in [-0.05, 0) is 49.4 Å². The number of halogens is 1. The van der Waals surface area contributed by atoms with Crippen LogP contribution in [-0.4, -0.2) is 10.3 Å². The van der Waals surface area contributed by atoms with Gasteiger partial charge in [-0.3, -0.25) is 0 Å². The highest BCUT2D eigenvalue weighted by molar-refractivity contribution is 9.10. The maximum absolute atomic E-state index is 3.54. The molecule has 0 bridgehead atoms. The van der Waals surface area contributed by atoms with Crippen molar-refractivity contribution < 1.29 is 4.57 Å². The van der Waals surface area contributed by atoms with E-state index in [2.05, 4.69) is 86.7 Å². The second kappa shape index (κ2) is 6.17. The van der Waals surface area contributed by atoms with E-state index < -0.39 is 0 Å². The Bertz CT molecular complexity index is 835. The zero-order valence-corrected chi connectivity index (χ0v) is 15.4. The van der Waals surface area contributed by atoms with Crippen LogP contribution in [0.1, 0.15) is 12.0 Å². The van der Waals surface area contributed by atoms with E-state index in [1.54, 1.807) is 0 Å². The van der Waals surface area contributed by atoms with E-state index in [9.17, 15) is 0 Å². The van der Waals surface area contributed by atoms with Gasteiger partial charge in [0.25, 0.3) is 0 Å². The Morgan fingerprint density at radius 1 is 1.04 bits per heavy atom. The van der Waals surface area contributed by atoms with Crippen molar-refractivity contribution in [2.45, 2.75) is 25.0 Å². The number of hydrogen-bond acceptors (Lipinski definition) is 1. The van der Waals surface area contributed by atoms with Gasteiger partial charge in [0.05, 0.1) is 6.54 Å². The molecule has 0 aliphatic carbocycles. The zero-order chi connectivity index (χ0) is 15.8. The van der Waals surface area contributed by atoms with E-state index in [1.165, 1.54) is 39.8 Å². The topological polar surface area (TPSA) is 8.81 Å². The molecule has 1 aliphatic rings. The Morgan fingerprint density at radius 2 is 1.78 bits per heavy atom. The Kier molecular flexibility index (Phi) is 4.04. The maximum atomic E-state index is 3.54. The van der Waals surface area contributed by atoms with Crippen LogP contribution in [0.25, 0.3) is 16.9 Å². The number of thioether (sulfide) groups is 1. The summed E-state index contributed by atoms with van der Waals surface area (Å²) in [7, 11) is 0. The third kappa shape index (κ3) is 2.86. The first-order valence-electron chi connectivity index (χ1n) is 7.83. The van der Waals surface area contributed by atoms with Crippen molar-refractivity contribution in [1.29, 1.82) is 0 Å². The smallest absolute Gasteiger partial charge is 0.224 e. The molecule has 116 valence electrons. The van der Waals surface area contributed by atoms with E-state index in [1.807, 2.05) is 11.8 Å². The lowest BCUT2D eigenvalue weighted by Gasteiger charge is -2.09.